The molecule has 2 amide bonds. The molecule has 1 aliphatic rings. The Kier molecular flexibility index (Phi) is 6.30. The number of fused-ring (bicyclic) bond motifs is 1. The van der Waals surface area contributed by atoms with Crippen LogP contribution in [0.1, 0.15) is 12.0 Å². The summed E-state index contributed by atoms with van der Waals surface area (Å²) in [5.41, 5.74) is -1.27. The molecule has 14 heteroatoms. The van der Waals surface area contributed by atoms with Gasteiger partial charge in [0, 0.05) is 26.8 Å². The molecule has 188 valence electrons. The summed E-state index contributed by atoms with van der Waals surface area (Å²) < 4.78 is 60.4. The maximum absolute atomic E-state index is 15.2. The molecular formula is C21H23F4N7O3. The Balaban J connectivity index is 1.46. The highest BCUT2D eigenvalue weighted by Crippen LogP contribution is 2.31. The number of nitrogens with zero attached hydrogens (tertiary/aromatic N) is 5. The minimum atomic E-state index is -4.70. The number of rotatable bonds is 4. The Morgan fingerprint density at radius 3 is 2.74 bits per heavy atom. The summed E-state index contributed by atoms with van der Waals surface area (Å²) in [5.74, 6) is 0.359. The van der Waals surface area contributed by atoms with E-state index in [1.54, 1.807) is 17.2 Å². The SMILES string of the molecule is COc1n[nH]c2ncc(N3CCC(N(C)C(=O)Nc4cc(C(F)(F)F)cn(C)c4=O)C(F)C3)cc12. The molecule has 35 heavy (non-hydrogen) atoms. The van der Waals surface area contributed by atoms with Crippen molar-refractivity contribution in [2.24, 2.45) is 7.05 Å². The number of urea groups is 1. The Bertz CT molecular complexity index is 1310. The van der Waals surface area contributed by atoms with Crippen LogP contribution < -0.4 is 20.5 Å². The first-order chi connectivity index (χ1) is 16.5. The molecule has 4 rings (SSSR count). The van der Waals surface area contributed by atoms with Crippen LogP contribution in [0.5, 0.6) is 5.88 Å². The zero-order chi connectivity index (χ0) is 25.5. The molecule has 0 saturated carbocycles. The van der Waals surface area contributed by atoms with Gasteiger partial charge in [-0.1, -0.05) is 0 Å². The minimum Gasteiger partial charge on any atom is -0.479 e. The van der Waals surface area contributed by atoms with Gasteiger partial charge in [0.1, 0.15) is 11.9 Å². The first-order valence-corrected chi connectivity index (χ1v) is 10.6. The maximum Gasteiger partial charge on any atom is 0.417 e. The monoisotopic (exact) mass is 497 g/mol. The topological polar surface area (TPSA) is 108 Å². The van der Waals surface area contributed by atoms with Crippen LogP contribution in [0.3, 0.4) is 0 Å². The number of H-pyrrole nitrogens is 1. The molecule has 0 aliphatic carbocycles. The number of ether oxygens (including phenoxy) is 1. The van der Waals surface area contributed by atoms with Crippen LogP contribution in [0.4, 0.5) is 33.7 Å². The highest BCUT2D eigenvalue weighted by atomic mass is 19.4. The predicted molar refractivity (Wildman–Crippen MR) is 119 cm³/mol. The average molecular weight is 497 g/mol. The number of carbonyl (C=O) groups is 1. The van der Waals surface area contributed by atoms with Crippen LogP contribution in [0.2, 0.25) is 0 Å². The number of carbonyl (C=O) groups excluding carboxylic acids is 1. The van der Waals surface area contributed by atoms with Gasteiger partial charge >= 0.3 is 12.2 Å². The molecule has 2 N–H and O–H groups in total. The van der Waals surface area contributed by atoms with Crippen LogP contribution in [-0.2, 0) is 13.2 Å². The van der Waals surface area contributed by atoms with Gasteiger partial charge in [0.2, 0.25) is 5.88 Å². The van der Waals surface area contributed by atoms with Crippen molar-refractivity contribution < 1.29 is 27.1 Å². The molecule has 10 nitrogen and oxygen atoms in total. The van der Waals surface area contributed by atoms with E-state index in [4.69, 9.17) is 4.74 Å². The van der Waals surface area contributed by atoms with Gasteiger partial charge in [-0.2, -0.15) is 13.2 Å². The van der Waals surface area contributed by atoms with Crippen LogP contribution >= 0.6 is 0 Å². The molecule has 1 saturated heterocycles. The third-order valence-corrected chi connectivity index (χ3v) is 6.00. The Morgan fingerprint density at radius 1 is 1.34 bits per heavy atom. The fourth-order valence-electron chi connectivity index (χ4n) is 4.07. The average Bonchev–Trinajstić information content (AvgIpc) is 3.23. The lowest BCUT2D eigenvalue weighted by Crippen LogP contribution is -2.54. The van der Waals surface area contributed by atoms with Crippen molar-refractivity contribution in [1.82, 2.24) is 24.6 Å². The highest BCUT2D eigenvalue weighted by molar-refractivity contribution is 5.89. The lowest BCUT2D eigenvalue weighted by atomic mass is 10.0. The standard InChI is InChI=1S/C21H23F4N7O3/c1-30-9-11(21(23,24)25)6-15(19(30)33)27-20(34)31(2)16-4-5-32(10-14(16)22)12-7-13-17(26-8-12)28-29-18(13)35-3/h6-9,14,16H,4-5,10H2,1-3H3,(H,27,34)(H,26,28,29). The molecule has 2 unspecified atom stereocenters. The normalized spacial score (nSPS) is 18.5. The first kappa shape index (κ1) is 24.3. The number of aromatic amines is 1. The number of pyridine rings is 2. The number of piperidine rings is 1. The maximum atomic E-state index is 15.2. The number of hydrogen-bond donors (Lipinski definition) is 2. The van der Waals surface area contributed by atoms with Crippen molar-refractivity contribution >= 4 is 28.4 Å². The van der Waals surface area contributed by atoms with Gasteiger partial charge < -0.3 is 24.4 Å². The number of aryl methyl sites for hydroxylation is 1. The fourth-order valence-corrected chi connectivity index (χ4v) is 4.07. The summed E-state index contributed by atoms with van der Waals surface area (Å²) in [4.78, 5) is 32.0. The van der Waals surface area contributed by atoms with E-state index in [9.17, 15) is 22.8 Å². The summed E-state index contributed by atoms with van der Waals surface area (Å²) in [6.07, 6.45) is -3.71. The van der Waals surface area contributed by atoms with Gasteiger partial charge in [0.25, 0.3) is 5.56 Å². The van der Waals surface area contributed by atoms with Gasteiger partial charge in [-0.15, -0.1) is 5.10 Å². The van der Waals surface area contributed by atoms with E-state index < -0.39 is 41.2 Å². The summed E-state index contributed by atoms with van der Waals surface area (Å²) in [5, 5.41) is 9.56. The molecule has 3 aromatic heterocycles. The zero-order valence-corrected chi connectivity index (χ0v) is 19.1. The number of anilines is 2. The Hall–Kier alpha value is -3.84. The molecule has 0 spiro atoms. The van der Waals surface area contributed by atoms with Crippen molar-refractivity contribution in [3.63, 3.8) is 0 Å². The van der Waals surface area contributed by atoms with Crippen LogP contribution in [-0.4, -0.2) is 70.1 Å². The van der Waals surface area contributed by atoms with Crippen molar-refractivity contribution in [3.8, 4) is 5.88 Å². The second-order valence-corrected chi connectivity index (χ2v) is 8.24. The van der Waals surface area contributed by atoms with Crippen molar-refractivity contribution in [1.29, 1.82) is 0 Å². The van der Waals surface area contributed by atoms with Gasteiger partial charge in [-0.05, 0) is 18.6 Å². The second kappa shape index (κ2) is 9.07. The van der Waals surface area contributed by atoms with E-state index in [0.29, 0.717) is 41.4 Å². The molecule has 4 heterocycles. The first-order valence-electron chi connectivity index (χ1n) is 10.6. The van der Waals surface area contributed by atoms with Crippen LogP contribution in [0.15, 0.2) is 29.3 Å². The lowest BCUT2D eigenvalue weighted by molar-refractivity contribution is -0.138. The number of methoxy groups -OCH3 is 1. The summed E-state index contributed by atoms with van der Waals surface area (Å²) in [6, 6.07) is 0.615. The molecular weight excluding hydrogens is 474 g/mol. The molecule has 1 aliphatic heterocycles. The largest absolute Gasteiger partial charge is 0.479 e. The molecule has 0 aromatic carbocycles. The van der Waals surface area contributed by atoms with Crippen LogP contribution in [0.25, 0.3) is 11.0 Å². The molecule has 2 atom stereocenters. The van der Waals surface area contributed by atoms with Crippen molar-refractivity contribution in [2.45, 2.75) is 24.8 Å². The van der Waals surface area contributed by atoms with Gasteiger partial charge in [0.05, 0.1) is 42.5 Å². The number of halogens is 4. The summed E-state index contributed by atoms with van der Waals surface area (Å²) in [7, 11) is 3.96. The van der Waals surface area contributed by atoms with Gasteiger partial charge in [-0.25, -0.2) is 14.2 Å². The Labute approximate surface area is 196 Å². The van der Waals surface area contributed by atoms with E-state index in [0.717, 1.165) is 16.5 Å². The third-order valence-electron chi connectivity index (χ3n) is 6.00. The van der Waals surface area contributed by atoms with E-state index in [1.165, 1.54) is 14.2 Å². The van der Waals surface area contributed by atoms with E-state index in [1.807, 2.05) is 0 Å². The van der Waals surface area contributed by atoms with Gasteiger partial charge in [0.15, 0.2) is 5.65 Å². The second-order valence-electron chi connectivity index (χ2n) is 8.24. The number of hydrogen-bond acceptors (Lipinski definition) is 6. The van der Waals surface area contributed by atoms with Crippen LogP contribution in [0, 0.1) is 0 Å². The third kappa shape index (κ3) is 4.72. The van der Waals surface area contributed by atoms with E-state index >= 15 is 4.39 Å². The van der Waals surface area contributed by atoms with E-state index in [2.05, 4.69) is 20.5 Å². The lowest BCUT2D eigenvalue weighted by Gasteiger charge is -2.39. The molecule has 3 aromatic rings. The Morgan fingerprint density at radius 2 is 2.09 bits per heavy atom. The van der Waals surface area contributed by atoms with Crippen molar-refractivity contribution in [2.75, 3.05) is 37.5 Å². The summed E-state index contributed by atoms with van der Waals surface area (Å²) >= 11 is 0. The smallest absolute Gasteiger partial charge is 0.417 e. The zero-order valence-electron chi connectivity index (χ0n) is 19.1. The van der Waals surface area contributed by atoms with Crippen molar-refractivity contribution in [3.05, 3.63) is 40.4 Å². The number of amides is 2. The fraction of sp³-hybridized carbons (Fsp3) is 0.429. The highest BCUT2D eigenvalue weighted by Gasteiger charge is 2.36. The molecule has 0 bridgehead atoms. The quantitative estimate of drug-likeness (QED) is 0.537. The van der Waals surface area contributed by atoms with Gasteiger partial charge in [-0.3, -0.25) is 9.89 Å². The minimum absolute atomic E-state index is 0.0407. The number of alkyl halides is 4. The van der Waals surface area contributed by atoms with E-state index in [-0.39, 0.29) is 13.0 Å². The number of nitrogens with one attached hydrogen (secondary N) is 2. The molecule has 0 radical (unpaired) electrons. The summed E-state index contributed by atoms with van der Waals surface area (Å²) in [6.45, 7) is 0.350. The number of aromatic nitrogens is 4. The predicted octanol–water partition coefficient (Wildman–Crippen LogP) is 2.76. The molecule has 1 fully saturated rings.